The van der Waals surface area contributed by atoms with Crippen molar-refractivity contribution in [2.45, 2.75) is 45.6 Å². The molecular formula is C16H25N5. The molecule has 5 heteroatoms. The molecule has 0 amide bonds. The molecule has 1 aromatic heterocycles. The number of nitriles is 1. The minimum atomic E-state index is 0.358. The van der Waals surface area contributed by atoms with E-state index >= 15 is 0 Å². The quantitative estimate of drug-likeness (QED) is 0.835. The Hall–Kier alpha value is -1.67. The Balaban J connectivity index is 1.98. The van der Waals surface area contributed by atoms with Gasteiger partial charge in [-0.1, -0.05) is 26.7 Å². The van der Waals surface area contributed by atoms with Gasteiger partial charge in [0, 0.05) is 12.6 Å². The van der Waals surface area contributed by atoms with Crippen LogP contribution in [0.15, 0.2) is 12.1 Å². The van der Waals surface area contributed by atoms with Crippen molar-refractivity contribution in [2.75, 3.05) is 25.0 Å². The van der Waals surface area contributed by atoms with E-state index in [1.165, 1.54) is 38.8 Å². The second-order valence-electron chi connectivity index (χ2n) is 5.68. The maximum absolute atomic E-state index is 8.75. The summed E-state index contributed by atoms with van der Waals surface area (Å²) in [7, 11) is 0. The lowest BCUT2D eigenvalue weighted by Crippen LogP contribution is -2.43. The van der Waals surface area contributed by atoms with Crippen LogP contribution >= 0.6 is 0 Å². The van der Waals surface area contributed by atoms with Crippen LogP contribution in [0.1, 0.15) is 45.2 Å². The van der Waals surface area contributed by atoms with E-state index in [9.17, 15) is 0 Å². The Labute approximate surface area is 127 Å². The highest BCUT2D eigenvalue weighted by atomic mass is 15.2. The van der Waals surface area contributed by atoms with Crippen LogP contribution in [0.5, 0.6) is 0 Å². The smallest absolute Gasteiger partial charge is 0.163 e. The maximum atomic E-state index is 8.75. The first-order valence-corrected chi connectivity index (χ1v) is 8.00. The number of aromatic nitrogens is 2. The third-order valence-corrected chi connectivity index (χ3v) is 4.47. The highest BCUT2D eigenvalue weighted by molar-refractivity contribution is 5.35. The monoisotopic (exact) mass is 287 g/mol. The van der Waals surface area contributed by atoms with E-state index in [0.29, 0.717) is 17.7 Å². The lowest BCUT2D eigenvalue weighted by Gasteiger charge is -2.34. The molecule has 0 bridgehead atoms. The van der Waals surface area contributed by atoms with Crippen molar-refractivity contribution in [3.8, 4) is 6.07 Å². The van der Waals surface area contributed by atoms with Gasteiger partial charge in [-0.25, -0.2) is 0 Å². The van der Waals surface area contributed by atoms with Gasteiger partial charge in [0.05, 0.1) is 0 Å². The van der Waals surface area contributed by atoms with Crippen LogP contribution in [-0.4, -0.2) is 40.8 Å². The molecule has 1 aromatic rings. The Morgan fingerprint density at radius 2 is 1.95 bits per heavy atom. The average molecular weight is 287 g/mol. The minimum absolute atomic E-state index is 0.358. The molecule has 0 radical (unpaired) electrons. The van der Waals surface area contributed by atoms with Crippen LogP contribution in [0, 0.1) is 17.2 Å². The fourth-order valence-electron chi connectivity index (χ4n) is 3.20. The first kappa shape index (κ1) is 15.7. The molecule has 1 saturated heterocycles. The highest BCUT2D eigenvalue weighted by Gasteiger charge is 2.27. The molecule has 1 aliphatic heterocycles. The molecule has 1 fully saturated rings. The standard InChI is InChI=1S/C16H25N5/c1-3-13(4-2)15(21-9-5-6-10-21)12-18-16-8-7-14(11-17)19-20-16/h7-8,13,15H,3-6,9-10,12H2,1-2H3,(H,18,20). The van der Waals surface area contributed by atoms with E-state index in [1.807, 2.05) is 12.1 Å². The normalized spacial score (nSPS) is 16.9. The zero-order chi connectivity index (χ0) is 15.1. The second kappa shape index (κ2) is 7.94. The number of nitrogens with one attached hydrogen (secondary N) is 1. The van der Waals surface area contributed by atoms with Gasteiger partial charge >= 0.3 is 0 Å². The van der Waals surface area contributed by atoms with Gasteiger partial charge in [-0.15, -0.1) is 10.2 Å². The van der Waals surface area contributed by atoms with Crippen molar-refractivity contribution >= 4 is 5.82 Å². The molecule has 5 nitrogen and oxygen atoms in total. The minimum Gasteiger partial charge on any atom is -0.367 e. The molecule has 2 heterocycles. The van der Waals surface area contributed by atoms with Crippen LogP contribution in [0.4, 0.5) is 5.82 Å². The van der Waals surface area contributed by atoms with Crippen LogP contribution in [0.3, 0.4) is 0 Å². The molecule has 2 rings (SSSR count). The molecule has 0 aromatic carbocycles. The topological polar surface area (TPSA) is 64.8 Å². The van der Waals surface area contributed by atoms with E-state index < -0.39 is 0 Å². The summed E-state index contributed by atoms with van der Waals surface area (Å²) in [5.41, 5.74) is 0.358. The summed E-state index contributed by atoms with van der Waals surface area (Å²) in [5.74, 6) is 1.46. The SMILES string of the molecule is CCC(CC)C(CNc1ccc(C#N)nn1)N1CCCC1. The zero-order valence-electron chi connectivity index (χ0n) is 13.0. The third-order valence-electron chi connectivity index (χ3n) is 4.47. The predicted octanol–water partition coefficient (Wildman–Crippen LogP) is 2.66. The van der Waals surface area contributed by atoms with Crippen molar-refractivity contribution in [3.05, 3.63) is 17.8 Å². The van der Waals surface area contributed by atoms with Gasteiger partial charge in [0.15, 0.2) is 5.69 Å². The van der Waals surface area contributed by atoms with E-state index in [4.69, 9.17) is 5.26 Å². The number of hydrogen-bond donors (Lipinski definition) is 1. The van der Waals surface area contributed by atoms with Crippen molar-refractivity contribution in [2.24, 2.45) is 5.92 Å². The predicted molar refractivity (Wildman–Crippen MR) is 83.9 cm³/mol. The fourth-order valence-corrected chi connectivity index (χ4v) is 3.20. The maximum Gasteiger partial charge on any atom is 0.163 e. The van der Waals surface area contributed by atoms with Crippen molar-refractivity contribution < 1.29 is 0 Å². The Bertz CT molecular complexity index is 453. The number of anilines is 1. The van der Waals surface area contributed by atoms with Crippen LogP contribution in [0.25, 0.3) is 0 Å². The third kappa shape index (κ3) is 4.15. The Morgan fingerprint density at radius 3 is 2.48 bits per heavy atom. The molecule has 1 aliphatic rings. The van der Waals surface area contributed by atoms with E-state index in [2.05, 4.69) is 34.3 Å². The summed E-state index contributed by atoms with van der Waals surface area (Å²) in [6.45, 7) is 7.87. The average Bonchev–Trinajstić information content (AvgIpc) is 3.06. The molecule has 0 aliphatic carbocycles. The van der Waals surface area contributed by atoms with Gasteiger partial charge in [-0.05, 0) is 44.0 Å². The van der Waals surface area contributed by atoms with Gasteiger partial charge in [0.25, 0.3) is 0 Å². The molecule has 1 unspecified atom stereocenters. The number of likely N-dealkylation sites (tertiary alicyclic amines) is 1. The lowest BCUT2D eigenvalue weighted by molar-refractivity contribution is 0.175. The van der Waals surface area contributed by atoms with Crippen molar-refractivity contribution in [1.82, 2.24) is 15.1 Å². The van der Waals surface area contributed by atoms with Gasteiger partial charge in [-0.3, -0.25) is 4.90 Å². The van der Waals surface area contributed by atoms with E-state index in [0.717, 1.165) is 12.4 Å². The molecule has 21 heavy (non-hydrogen) atoms. The molecule has 1 atom stereocenters. The summed E-state index contributed by atoms with van der Waals surface area (Å²) in [6, 6.07) is 6.08. The summed E-state index contributed by atoms with van der Waals surface area (Å²) >= 11 is 0. The van der Waals surface area contributed by atoms with Crippen molar-refractivity contribution in [3.63, 3.8) is 0 Å². The molecule has 1 N–H and O–H groups in total. The summed E-state index contributed by atoms with van der Waals surface area (Å²) in [5, 5.41) is 20.1. The van der Waals surface area contributed by atoms with E-state index in [-0.39, 0.29) is 0 Å². The largest absolute Gasteiger partial charge is 0.367 e. The fraction of sp³-hybridized carbons (Fsp3) is 0.688. The van der Waals surface area contributed by atoms with E-state index in [1.54, 1.807) is 6.07 Å². The van der Waals surface area contributed by atoms with Crippen molar-refractivity contribution in [1.29, 1.82) is 5.26 Å². The first-order valence-electron chi connectivity index (χ1n) is 8.00. The molecule has 0 spiro atoms. The molecule has 0 saturated carbocycles. The molecule has 114 valence electrons. The van der Waals surface area contributed by atoms with Crippen LogP contribution < -0.4 is 5.32 Å². The first-order chi connectivity index (χ1) is 10.3. The van der Waals surface area contributed by atoms with Gasteiger partial charge in [0.1, 0.15) is 11.9 Å². The Morgan fingerprint density at radius 1 is 1.24 bits per heavy atom. The lowest BCUT2D eigenvalue weighted by atomic mass is 9.93. The number of hydrogen-bond acceptors (Lipinski definition) is 5. The number of nitrogens with zero attached hydrogens (tertiary/aromatic N) is 4. The number of rotatable bonds is 7. The summed E-state index contributed by atoms with van der Waals surface area (Å²) in [4.78, 5) is 2.61. The highest BCUT2D eigenvalue weighted by Crippen LogP contribution is 2.23. The van der Waals surface area contributed by atoms with Gasteiger partial charge < -0.3 is 5.32 Å². The summed E-state index contributed by atoms with van der Waals surface area (Å²) in [6.07, 6.45) is 5.04. The second-order valence-corrected chi connectivity index (χ2v) is 5.68. The molecular weight excluding hydrogens is 262 g/mol. The van der Waals surface area contributed by atoms with Crippen LogP contribution in [0.2, 0.25) is 0 Å². The van der Waals surface area contributed by atoms with Gasteiger partial charge in [-0.2, -0.15) is 5.26 Å². The Kier molecular flexibility index (Phi) is 5.94. The van der Waals surface area contributed by atoms with Crippen LogP contribution in [-0.2, 0) is 0 Å². The summed E-state index contributed by atoms with van der Waals surface area (Å²) < 4.78 is 0. The zero-order valence-corrected chi connectivity index (χ0v) is 13.0. The van der Waals surface area contributed by atoms with Gasteiger partial charge in [0.2, 0.25) is 0 Å².